The fourth-order valence-corrected chi connectivity index (χ4v) is 3.54. The van der Waals surface area contributed by atoms with E-state index in [0.717, 1.165) is 30.5 Å². The first-order valence-corrected chi connectivity index (χ1v) is 11.0. The van der Waals surface area contributed by atoms with Crippen LogP contribution in [0.15, 0.2) is 35.9 Å². The van der Waals surface area contributed by atoms with Crippen LogP contribution in [0.5, 0.6) is 5.75 Å². The lowest BCUT2D eigenvalue weighted by molar-refractivity contribution is -0.137. The van der Waals surface area contributed by atoms with Gasteiger partial charge in [0.2, 0.25) is 10.0 Å². The van der Waals surface area contributed by atoms with E-state index in [0.29, 0.717) is 0 Å². The van der Waals surface area contributed by atoms with Crippen molar-refractivity contribution in [1.82, 2.24) is 5.32 Å². The summed E-state index contributed by atoms with van der Waals surface area (Å²) in [5, 5.41) is 2.52. The van der Waals surface area contributed by atoms with Crippen molar-refractivity contribution >= 4 is 27.7 Å². The minimum absolute atomic E-state index is 0.0254. The van der Waals surface area contributed by atoms with Crippen molar-refractivity contribution < 1.29 is 39.9 Å². The maximum absolute atomic E-state index is 14.2. The van der Waals surface area contributed by atoms with Gasteiger partial charge in [-0.25, -0.2) is 17.2 Å². The van der Waals surface area contributed by atoms with Gasteiger partial charge in [-0.3, -0.25) is 9.52 Å². The molecule has 172 valence electrons. The second-order valence-corrected chi connectivity index (χ2v) is 8.89. The molecule has 2 N–H and O–H groups in total. The molecule has 0 radical (unpaired) electrons. The maximum Gasteiger partial charge on any atom is 0.416 e. The molecule has 1 atom stereocenters. The minimum Gasteiger partial charge on any atom is -0.488 e. The maximum atomic E-state index is 14.2. The average molecular weight is 476 g/mol. The van der Waals surface area contributed by atoms with Crippen LogP contribution in [0, 0.1) is 11.6 Å². The average Bonchev–Trinajstić information content (AvgIpc) is 2.68. The quantitative estimate of drug-likeness (QED) is 0.639. The molecule has 0 spiro atoms. The molecule has 0 aliphatic carbocycles. The molecule has 6 nitrogen and oxygen atoms in total. The molecular weight excluding hydrogens is 459 g/mol. The van der Waals surface area contributed by atoms with Crippen LogP contribution in [0.4, 0.5) is 27.6 Å². The van der Waals surface area contributed by atoms with Crippen LogP contribution in [0.3, 0.4) is 0 Å². The van der Waals surface area contributed by atoms with Crippen molar-refractivity contribution in [2.45, 2.75) is 19.1 Å². The number of carbonyl (C=O) groups is 1. The number of hydrogen-bond donors (Lipinski definition) is 2. The third-order valence-electron chi connectivity index (χ3n) is 4.54. The molecule has 1 heterocycles. The first-order valence-electron chi connectivity index (χ1n) is 9.07. The highest BCUT2D eigenvalue weighted by Gasteiger charge is 2.32. The van der Waals surface area contributed by atoms with E-state index in [1.807, 2.05) is 0 Å². The topological polar surface area (TPSA) is 84.5 Å². The summed E-state index contributed by atoms with van der Waals surface area (Å²) in [6.45, 7) is 1.15. The Morgan fingerprint density at radius 3 is 2.31 bits per heavy atom. The normalized spacial score (nSPS) is 14.7. The number of anilines is 1. The fourth-order valence-electron chi connectivity index (χ4n) is 2.97. The van der Waals surface area contributed by atoms with Gasteiger partial charge in [-0.2, -0.15) is 13.2 Å². The number of rotatable bonds is 5. The van der Waals surface area contributed by atoms with E-state index in [9.17, 15) is 35.2 Å². The summed E-state index contributed by atoms with van der Waals surface area (Å²) in [6, 6.07) is 3.74. The SMILES string of the molecule is CC(NC(=O)C1=Cc2ccc(C(F)(F)F)cc2OC1)c1cc(F)c(NS(C)(=O)=O)c(F)c1. The van der Waals surface area contributed by atoms with Crippen molar-refractivity contribution in [3.05, 3.63) is 64.2 Å². The van der Waals surface area contributed by atoms with E-state index >= 15 is 0 Å². The number of carbonyl (C=O) groups excluding carboxylic acids is 1. The lowest BCUT2D eigenvalue weighted by Gasteiger charge is -2.21. The van der Waals surface area contributed by atoms with E-state index in [1.165, 1.54) is 19.1 Å². The summed E-state index contributed by atoms with van der Waals surface area (Å²) in [4.78, 5) is 12.5. The lowest BCUT2D eigenvalue weighted by atomic mass is 10.0. The molecular formula is C20H17F5N2O4S. The number of hydrogen-bond acceptors (Lipinski definition) is 4. The second kappa shape index (κ2) is 8.41. The van der Waals surface area contributed by atoms with Crippen LogP contribution < -0.4 is 14.8 Å². The van der Waals surface area contributed by atoms with Crippen molar-refractivity contribution in [3.63, 3.8) is 0 Å². The van der Waals surface area contributed by atoms with Gasteiger partial charge in [0.15, 0.2) is 11.6 Å². The monoisotopic (exact) mass is 476 g/mol. The van der Waals surface area contributed by atoms with Gasteiger partial charge in [0, 0.05) is 5.56 Å². The smallest absolute Gasteiger partial charge is 0.416 e. The van der Waals surface area contributed by atoms with Crippen LogP contribution in [0.1, 0.15) is 29.7 Å². The number of nitrogens with one attached hydrogen (secondary N) is 2. The third kappa shape index (κ3) is 5.36. The van der Waals surface area contributed by atoms with Crippen molar-refractivity contribution in [3.8, 4) is 5.75 Å². The third-order valence-corrected chi connectivity index (χ3v) is 5.12. The van der Waals surface area contributed by atoms with E-state index in [2.05, 4.69) is 5.32 Å². The summed E-state index contributed by atoms with van der Waals surface area (Å²) < 4.78 is 96.2. The number of sulfonamides is 1. The first kappa shape index (κ1) is 23.5. The Bertz CT molecular complexity index is 1190. The number of ether oxygens (including phenoxy) is 1. The standard InChI is InChI=1S/C20H17F5N2O4S/c1-10(12-6-15(21)18(16(22)7-12)27-32(2,29)30)26-19(28)13-5-11-3-4-14(20(23,24)25)8-17(11)31-9-13/h3-8,10,27H,9H2,1-2H3,(H,26,28). The molecule has 2 aromatic carbocycles. The van der Waals surface area contributed by atoms with Gasteiger partial charge in [0.05, 0.1) is 23.4 Å². The zero-order valence-electron chi connectivity index (χ0n) is 16.7. The molecule has 1 aliphatic rings. The van der Waals surface area contributed by atoms with Crippen LogP contribution in [0.2, 0.25) is 0 Å². The highest BCUT2D eigenvalue weighted by atomic mass is 32.2. The predicted molar refractivity (Wildman–Crippen MR) is 106 cm³/mol. The van der Waals surface area contributed by atoms with Crippen molar-refractivity contribution in [2.75, 3.05) is 17.6 Å². The fraction of sp³-hybridized carbons (Fsp3) is 0.250. The largest absolute Gasteiger partial charge is 0.488 e. The highest BCUT2D eigenvalue weighted by molar-refractivity contribution is 7.92. The number of amides is 1. The Hall–Kier alpha value is -3.15. The molecule has 1 unspecified atom stereocenters. The molecule has 0 saturated carbocycles. The number of halogens is 5. The summed E-state index contributed by atoms with van der Waals surface area (Å²) in [5.41, 5.74) is -1.33. The minimum atomic E-state index is -4.54. The van der Waals surface area contributed by atoms with E-state index < -0.39 is 51.0 Å². The van der Waals surface area contributed by atoms with Gasteiger partial charge in [-0.15, -0.1) is 0 Å². The highest BCUT2D eigenvalue weighted by Crippen LogP contribution is 2.35. The predicted octanol–water partition coefficient (Wildman–Crippen LogP) is 4.01. The molecule has 0 fully saturated rings. The van der Waals surface area contributed by atoms with Crippen molar-refractivity contribution in [2.24, 2.45) is 0 Å². The van der Waals surface area contributed by atoms with Crippen molar-refractivity contribution in [1.29, 1.82) is 0 Å². The van der Waals surface area contributed by atoms with Crippen LogP contribution in [0.25, 0.3) is 6.08 Å². The Kier molecular flexibility index (Phi) is 6.18. The first-order chi connectivity index (χ1) is 14.7. The molecule has 0 bridgehead atoms. The molecule has 12 heteroatoms. The van der Waals surface area contributed by atoms with Gasteiger partial charge < -0.3 is 10.1 Å². The van der Waals surface area contributed by atoms with E-state index in [-0.39, 0.29) is 29.1 Å². The van der Waals surface area contributed by atoms with Gasteiger partial charge in [-0.05, 0) is 42.8 Å². The number of fused-ring (bicyclic) bond motifs is 1. The number of benzene rings is 2. The van der Waals surface area contributed by atoms with Gasteiger partial charge in [0.1, 0.15) is 18.0 Å². The molecule has 3 rings (SSSR count). The Morgan fingerprint density at radius 1 is 1.12 bits per heavy atom. The molecule has 0 aromatic heterocycles. The van der Waals surface area contributed by atoms with E-state index in [4.69, 9.17) is 4.74 Å². The number of alkyl halides is 3. The zero-order chi connectivity index (χ0) is 23.8. The molecule has 32 heavy (non-hydrogen) atoms. The Balaban J connectivity index is 1.77. The second-order valence-electron chi connectivity index (χ2n) is 7.14. The van der Waals surface area contributed by atoms with Gasteiger partial charge in [-0.1, -0.05) is 6.07 Å². The summed E-state index contributed by atoms with van der Waals surface area (Å²) >= 11 is 0. The zero-order valence-corrected chi connectivity index (χ0v) is 17.5. The van der Waals surface area contributed by atoms with Gasteiger partial charge >= 0.3 is 6.18 Å². The van der Waals surface area contributed by atoms with Gasteiger partial charge in [0.25, 0.3) is 5.91 Å². The molecule has 1 amide bonds. The Labute approximate surface area is 180 Å². The van der Waals surface area contributed by atoms with Crippen LogP contribution in [-0.4, -0.2) is 27.2 Å². The Morgan fingerprint density at radius 2 is 1.75 bits per heavy atom. The van der Waals surface area contributed by atoms with Crippen LogP contribution in [-0.2, 0) is 21.0 Å². The molecule has 2 aromatic rings. The molecule has 1 aliphatic heterocycles. The van der Waals surface area contributed by atoms with E-state index in [1.54, 1.807) is 4.72 Å². The lowest BCUT2D eigenvalue weighted by Crippen LogP contribution is -2.31. The summed E-state index contributed by atoms with van der Waals surface area (Å²) in [7, 11) is -3.91. The summed E-state index contributed by atoms with van der Waals surface area (Å²) in [5.74, 6) is -3.01. The molecule has 0 saturated heterocycles. The van der Waals surface area contributed by atoms with Crippen LogP contribution >= 0.6 is 0 Å². The summed E-state index contributed by atoms with van der Waals surface area (Å²) in [6.07, 6.45) is -2.43.